The van der Waals surface area contributed by atoms with Crippen molar-refractivity contribution >= 4 is 66.8 Å². The summed E-state index contributed by atoms with van der Waals surface area (Å²) < 4.78 is 13.4. The van der Waals surface area contributed by atoms with Crippen LogP contribution in [-0.2, 0) is 0 Å². The zero-order valence-corrected chi connectivity index (χ0v) is 25.0. The van der Waals surface area contributed by atoms with Crippen molar-refractivity contribution in [2.45, 2.75) is 19.6 Å². The van der Waals surface area contributed by atoms with Crippen molar-refractivity contribution in [3.63, 3.8) is 0 Å². The SMILES string of the molecule is COc1c2c(c(OC)c3c1SC(=c1c(=O)[nH]c(=O)n4c(=O)cc(O)nc14)S3)SC(=c1c(=O)[nH]c(=O)n3c(=O)cc(O)nc13)S2. The Labute approximate surface area is 256 Å². The molecule has 6 heterocycles. The summed E-state index contributed by atoms with van der Waals surface area (Å²) in [5.41, 5.74) is -6.14. The van der Waals surface area contributed by atoms with Gasteiger partial charge in [0.25, 0.3) is 22.2 Å². The summed E-state index contributed by atoms with van der Waals surface area (Å²) in [5.74, 6) is -0.678. The minimum absolute atomic E-state index is 0.132. The van der Waals surface area contributed by atoms with Crippen LogP contribution in [0.4, 0.5) is 0 Å². The fourth-order valence-corrected chi connectivity index (χ4v) is 10.3. The summed E-state index contributed by atoms with van der Waals surface area (Å²) in [4.78, 5) is 89.7. The summed E-state index contributed by atoms with van der Waals surface area (Å²) in [6.07, 6.45) is 0. The number of methoxy groups -OCH3 is 2. The number of hydrogen-bond acceptors (Lipinski definition) is 16. The van der Waals surface area contributed by atoms with E-state index in [4.69, 9.17) is 9.47 Å². The maximum Gasteiger partial charge on any atom is 0.337 e. The number of rotatable bonds is 2. The first-order valence-corrected chi connectivity index (χ1v) is 15.2. The molecule has 5 aromatic rings. The molecule has 0 atom stereocenters. The Morgan fingerprint density at radius 3 is 1.30 bits per heavy atom. The van der Waals surface area contributed by atoms with Crippen molar-refractivity contribution in [1.29, 1.82) is 0 Å². The molecule has 20 heteroatoms. The molecule has 0 aliphatic carbocycles. The predicted octanol–water partition coefficient (Wildman–Crippen LogP) is -1.41. The Morgan fingerprint density at radius 2 is 0.977 bits per heavy atom. The average Bonchev–Trinajstić information content (AvgIpc) is 3.55. The van der Waals surface area contributed by atoms with Crippen LogP contribution in [0.25, 0.3) is 19.8 Å². The van der Waals surface area contributed by atoms with Crippen molar-refractivity contribution in [1.82, 2.24) is 28.7 Å². The lowest BCUT2D eigenvalue weighted by Gasteiger charge is -2.14. The fraction of sp³-hybridized carbons (Fsp3) is 0.0833. The molecular weight excluding hydrogens is 661 g/mol. The highest BCUT2D eigenvalue weighted by molar-refractivity contribution is 8.33. The molecule has 0 unspecified atom stereocenters. The summed E-state index contributed by atoms with van der Waals surface area (Å²) >= 11 is 4.30. The number of fused-ring (bicyclic) bond motifs is 4. The van der Waals surface area contributed by atoms with Crippen LogP contribution in [0.2, 0.25) is 0 Å². The van der Waals surface area contributed by atoms with E-state index in [1.165, 1.54) is 14.2 Å². The molecule has 1 aromatic carbocycles. The molecule has 44 heavy (non-hydrogen) atoms. The molecule has 0 bridgehead atoms. The Hall–Kier alpha value is -4.66. The van der Waals surface area contributed by atoms with Gasteiger partial charge in [0.05, 0.1) is 54.4 Å². The number of nitrogens with one attached hydrogen (secondary N) is 2. The second-order valence-electron chi connectivity index (χ2n) is 8.86. The molecule has 0 radical (unpaired) electrons. The molecule has 222 valence electrons. The van der Waals surface area contributed by atoms with Gasteiger partial charge in [0.1, 0.15) is 21.9 Å². The number of thioether (sulfide) groups is 4. The Bertz CT molecular complexity index is 2430. The lowest BCUT2D eigenvalue weighted by Crippen LogP contribution is -2.43. The second kappa shape index (κ2) is 9.94. The molecule has 4 aromatic heterocycles. The van der Waals surface area contributed by atoms with Gasteiger partial charge in [-0.1, -0.05) is 47.0 Å². The maximum atomic E-state index is 13.0. The average molecular weight is 673 g/mol. The lowest BCUT2D eigenvalue weighted by atomic mass is 10.3. The van der Waals surface area contributed by atoms with Gasteiger partial charge in [-0.15, -0.1) is 0 Å². The predicted molar refractivity (Wildman–Crippen MR) is 160 cm³/mol. The number of aromatic hydroxyl groups is 2. The molecule has 4 N–H and O–H groups in total. The minimum Gasteiger partial charge on any atom is -0.494 e. The van der Waals surface area contributed by atoms with Gasteiger partial charge in [-0.2, -0.15) is 9.97 Å². The van der Waals surface area contributed by atoms with Crippen molar-refractivity contribution in [3.8, 4) is 23.3 Å². The van der Waals surface area contributed by atoms with E-state index in [9.17, 15) is 39.0 Å². The number of ether oxygens (including phenoxy) is 2. The molecule has 0 fully saturated rings. The topological polar surface area (TPSA) is 228 Å². The first-order chi connectivity index (χ1) is 21.0. The zero-order valence-electron chi connectivity index (χ0n) is 21.7. The van der Waals surface area contributed by atoms with E-state index in [0.29, 0.717) is 48.4 Å². The number of benzene rings is 1. The van der Waals surface area contributed by atoms with Crippen LogP contribution in [0.1, 0.15) is 0 Å². The molecule has 0 amide bonds. The van der Waals surface area contributed by atoms with Crippen LogP contribution in [0, 0.1) is 0 Å². The van der Waals surface area contributed by atoms with Crippen LogP contribution in [0.15, 0.2) is 60.5 Å². The Balaban J connectivity index is 1.50. The zero-order chi connectivity index (χ0) is 31.2. The van der Waals surface area contributed by atoms with Crippen molar-refractivity contribution in [2.24, 2.45) is 0 Å². The Morgan fingerprint density at radius 1 is 0.636 bits per heavy atom. The van der Waals surface area contributed by atoms with Gasteiger partial charge < -0.3 is 19.7 Å². The molecule has 16 nitrogen and oxygen atoms in total. The van der Waals surface area contributed by atoms with Crippen LogP contribution in [0.3, 0.4) is 0 Å². The first-order valence-electron chi connectivity index (χ1n) is 11.9. The third kappa shape index (κ3) is 3.98. The first kappa shape index (κ1) is 28.1. The smallest absolute Gasteiger partial charge is 0.337 e. The van der Waals surface area contributed by atoms with E-state index in [1.54, 1.807) is 0 Å². The maximum absolute atomic E-state index is 13.0. The molecule has 2 aliphatic rings. The second-order valence-corrected chi connectivity index (χ2v) is 13.5. The van der Waals surface area contributed by atoms with Crippen LogP contribution < -0.4 is 53.5 Å². The lowest BCUT2D eigenvalue weighted by molar-refractivity contribution is 0.365. The molecule has 0 saturated heterocycles. The van der Waals surface area contributed by atoms with Crippen molar-refractivity contribution in [3.05, 3.63) is 85.0 Å². The highest BCUT2D eigenvalue weighted by Gasteiger charge is 2.37. The van der Waals surface area contributed by atoms with E-state index in [1.807, 2.05) is 0 Å². The monoisotopic (exact) mass is 672 g/mol. The molecule has 0 saturated carbocycles. The largest absolute Gasteiger partial charge is 0.494 e. The van der Waals surface area contributed by atoms with Gasteiger partial charge in [-0.3, -0.25) is 29.1 Å². The third-order valence-corrected chi connectivity index (χ3v) is 11.6. The van der Waals surface area contributed by atoms with Gasteiger partial charge in [0.2, 0.25) is 11.8 Å². The number of aromatic nitrogens is 6. The normalized spacial score (nSPS) is 14.0. The summed E-state index contributed by atoms with van der Waals surface area (Å²) in [6.45, 7) is 0. The number of H-pyrrole nitrogens is 2. The quantitative estimate of drug-likeness (QED) is 0.169. The van der Waals surface area contributed by atoms with Gasteiger partial charge in [0.15, 0.2) is 11.3 Å². The van der Waals surface area contributed by atoms with Gasteiger partial charge in [-0.05, 0) is 0 Å². The number of nitrogens with zero attached hydrogens (tertiary/aromatic N) is 4. The van der Waals surface area contributed by atoms with Crippen LogP contribution in [0.5, 0.6) is 23.3 Å². The van der Waals surface area contributed by atoms with Crippen molar-refractivity contribution in [2.75, 3.05) is 14.2 Å². The number of aromatic amines is 2. The van der Waals surface area contributed by atoms with E-state index >= 15 is 0 Å². The standard InChI is InChI=1S/C24H12N6O10S4/c1-39-11-13-15(43-21(41-13)9-17-25-5(31)3-7(33)29(17)23(37)27-19(9)35)12(40-2)16-14(11)42-22(44-16)10-18-26-6(32)4-8(34)30(18)24(38)28-20(10)36/h3-4,31-32H,1-2H3,(H,27,35,37)(H,28,36,38). The Kier molecular flexibility index (Phi) is 6.35. The summed E-state index contributed by atoms with van der Waals surface area (Å²) in [6, 6.07) is 1.49. The minimum atomic E-state index is -1.01. The van der Waals surface area contributed by atoms with Crippen LogP contribution in [-0.4, -0.2) is 53.2 Å². The van der Waals surface area contributed by atoms with E-state index < -0.39 is 45.4 Å². The third-order valence-electron chi connectivity index (χ3n) is 6.39. The fourth-order valence-electron chi connectivity index (χ4n) is 4.65. The van der Waals surface area contributed by atoms with Crippen molar-refractivity contribution < 1.29 is 19.7 Å². The van der Waals surface area contributed by atoms with Gasteiger partial charge >= 0.3 is 11.4 Å². The highest BCUT2D eigenvalue weighted by atomic mass is 32.2. The summed E-state index contributed by atoms with van der Waals surface area (Å²) in [7, 11) is 2.83. The molecule has 2 aliphatic heterocycles. The van der Waals surface area contributed by atoms with E-state index in [-0.39, 0.29) is 21.7 Å². The summed E-state index contributed by atoms with van der Waals surface area (Å²) in [5, 5.41) is 19.7. The van der Waals surface area contributed by atoms with Gasteiger partial charge in [-0.25, -0.2) is 18.4 Å². The molecule has 0 spiro atoms. The van der Waals surface area contributed by atoms with E-state index in [0.717, 1.165) is 59.2 Å². The van der Waals surface area contributed by atoms with Gasteiger partial charge in [0, 0.05) is 0 Å². The van der Waals surface area contributed by atoms with Crippen LogP contribution >= 0.6 is 47.0 Å². The molecular formula is C24H12N6O10S4. The molecule has 7 rings (SSSR count). The van der Waals surface area contributed by atoms with E-state index in [2.05, 4.69) is 19.9 Å². The highest BCUT2D eigenvalue weighted by Crippen LogP contribution is 2.68. The number of hydrogen-bond donors (Lipinski definition) is 4.